The molecule has 8 nitrogen and oxygen atoms in total. The second-order valence-electron chi connectivity index (χ2n) is 9.96. The van der Waals surface area contributed by atoms with Crippen molar-refractivity contribution in [2.45, 2.75) is 25.3 Å². The fraction of sp³-hybridized carbons (Fsp3) is 0.300. The Morgan fingerprint density at radius 2 is 1.62 bits per heavy atom. The smallest absolute Gasteiger partial charge is 0.340 e. The Morgan fingerprint density at radius 1 is 0.950 bits per heavy atom. The maximum atomic E-state index is 13.5. The molecule has 210 valence electrons. The highest BCUT2D eigenvalue weighted by molar-refractivity contribution is 9.10. The van der Waals surface area contributed by atoms with Crippen molar-refractivity contribution in [1.29, 1.82) is 0 Å². The van der Waals surface area contributed by atoms with Crippen LogP contribution in [0.1, 0.15) is 28.5 Å². The number of hydrogen-bond donors (Lipinski definition) is 0. The lowest BCUT2D eigenvalue weighted by Gasteiger charge is -2.32. The third kappa shape index (κ3) is 5.95. The summed E-state index contributed by atoms with van der Waals surface area (Å²) in [5.41, 5.74) is 3.79. The Kier molecular flexibility index (Phi) is 8.32. The number of piperazine rings is 1. The molecule has 0 N–H and O–H groups in total. The highest BCUT2D eigenvalue weighted by atomic mass is 79.9. The van der Waals surface area contributed by atoms with Crippen LogP contribution in [0.25, 0.3) is 16.6 Å². The van der Waals surface area contributed by atoms with Gasteiger partial charge in [0.1, 0.15) is 10.6 Å². The molecule has 0 atom stereocenters. The number of carbonyl (C=O) groups excluding carboxylic acids is 1. The Labute approximate surface area is 243 Å². The van der Waals surface area contributed by atoms with E-state index in [0.29, 0.717) is 17.5 Å². The van der Waals surface area contributed by atoms with Gasteiger partial charge in [-0.15, -0.1) is 0 Å². The van der Waals surface area contributed by atoms with Crippen molar-refractivity contribution in [2.24, 2.45) is 0 Å². The molecular formula is C30H32BrN3O5S. The van der Waals surface area contributed by atoms with Gasteiger partial charge in [-0.25, -0.2) is 4.79 Å². The van der Waals surface area contributed by atoms with Gasteiger partial charge in [0.05, 0.1) is 23.4 Å². The summed E-state index contributed by atoms with van der Waals surface area (Å²) in [6, 6.07) is 19.4. The van der Waals surface area contributed by atoms with Gasteiger partial charge >= 0.3 is 16.1 Å². The van der Waals surface area contributed by atoms with Crippen LogP contribution in [-0.4, -0.2) is 68.6 Å². The number of hydrogen-bond acceptors (Lipinski definition) is 7. The highest BCUT2D eigenvalue weighted by Crippen LogP contribution is 2.35. The molecule has 2 heterocycles. The zero-order chi connectivity index (χ0) is 28.4. The summed E-state index contributed by atoms with van der Waals surface area (Å²) in [6.45, 7) is 8.00. The Hall–Kier alpha value is -3.18. The van der Waals surface area contributed by atoms with Gasteiger partial charge in [-0.2, -0.15) is 8.42 Å². The molecule has 1 aromatic heterocycles. The number of esters is 1. The molecule has 1 aliphatic rings. The summed E-state index contributed by atoms with van der Waals surface area (Å²) < 4.78 is 40.2. The second kappa shape index (κ2) is 11.7. The van der Waals surface area contributed by atoms with E-state index in [-0.39, 0.29) is 17.3 Å². The van der Waals surface area contributed by atoms with Gasteiger partial charge in [-0.3, -0.25) is 4.90 Å². The molecule has 1 fully saturated rings. The number of aromatic nitrogens is 1. The van der Waals surface area contributed by atoms with Crippen LogP contribution in [0.5, 0.6) is 5.75 Å². The minimum Gasteiger partial charge on any atom is -0.462 e. The Morgan fingerprint density at radius 3 is 2.27 bits per heavy atom. The number of fused-ring (bicyclic) bond motifs is 1. The van der Waals surface area contributed by atoms with Gasteiger partial charge < -0.3 is 18.4 Å². The lowest BCUT2D eigenvalue weighted by Crippen LogP contribution is -2.44. The number of halogens is 1. The van der Waals surface area contributed by atoms with Crippen molar-refractivity contribution in [2.75, 3.05) is 39.8 Å². The van der Waals surface area contributed by atoms with E-state index in [0.717, 1.165) is 53.1 Å². The zero-order valence-electron chi connectivity index (χ0n) is 22.8. The predicted molar refractivity (Wildman–Crippen MR) is 159 cm³/mol. The van der Waals surface area contributed by atoms with Gasteiger partial charge in [-0.1, -0.05) is 33.6 Å². The van der Waals surface area contributed by atoms with Gasteiger partial charge in [0, 0.05) is 48.3 Å². The number of ether oxygens (including phenoxy) is 1. The van der Waals surface area contributed by atoms with Gasteiger partial charge in [-0.05, 0) is 75.5 Å². The standard InChI is InChI=1S/C30H32BrN3O5S/c1-4-38-30(35)29-26-19-24(39-40(36,37)25-12-5-21(2)6-13-25)11-14-27(26)34(23-9-7-22(31)8-10-23)28(29)20-33-17-15-32(3)16-18-33/h5-14,19H,4,15-18,20H2,1-3H3. The van der Waals surface area contributed by atoms with E-state index in [2.05, 4.69) is 37.3 Å². The second-order valence-corrected chi connectivity index (χ2v) is 12.4. The Bertz CT molecular complexity index is 1620. The molecule has 40 heavy (non-hydrogen) atoms. The van der Waals surface area contributed by atoms with E-state index in [4.69, 9.17) is 8.92 Å². The van der Waals surface area contributed by atoms with Crippen molar-refractivity contribution < 1.29 is 22.1 Å². The molecule has 1 saturated heterocycles. The molecule has 3 aromatic carbocycles. The minimum atomic E-state index is -4.07. The molecule has 0 saturated carbocycles. The molecule has 4 aromatic rings. The Balaban J connectivity index is 1.66. The molecule has 1 aliphatic heterocycles. The first-order valence-electron chi connectivity index (χ1n) is 13.2. The quantitative estimate of drug-likeness (QED) is 0.192. The first-order valence-corrected chi connectivity index (χ1v) is 15.4. The van der Waals surface area contributed by atoms with E-state index >= 15 is 0 Å². The SMILES string of the molecule is CCOC(=O)c1c(CN2CCN(C)CC2)n(-c2ccc(Br)cc2)c2ccc(OS(=O)(=O)c3ccc(C)cc3)cc12. The number of rotatable bonds is 8. The normalized spacial score (nSPS) is 14.9. The molecule has 0 unspecified atom stereocenters. The molecule has 0 bridgehead atoms. The van der Waals surface area contributed by atoms with Crippen molar-refractivity contribution in [3.63, 3.8) is 0 Å². The van der Waals surface area contributed by atoms with Crippen LogP contribution < -0.4 is 4.18 Å². The summed E-state index contributed by atoms with van der Waals surface area (Å²) >= 11 is 3.51. The largest absolute Gasteiger partial charge is 0.462 e. The van der Waals surface area contributed by atoms with E-state index in [1.54, 1.807) is 37.3 Å². The number of aryl methyl sites for hydroxylation is 1. The molecular weight excluding hydrogens is 594 g/mol. The van der Waals surface area contributed by atoms with Crippen LogP contribution in [0.2, 0.25) is 0 Å². The maximum absolute atomic E-state index is 13.5. The zero-order valence-corrected chi connectivity index (χ0v) is 25.2. The summed E-state index contributed by atoms with van der Waals surface area (Å²) in [6.07, 6.45) is 0. The van der Waals surface area contributed by atoms with E-state index < -0.39 is 16.1 Å². The molecule has 10 heteroatoms. The van der Waals surface area contributed by atoms with Crippen LogP contribution in [0.3, 0.4) is 0 Å². The van der Waals surface area contributed by atoms with Crippen LogP contribution >= 0.6 is 15.9 Å². The van der Waals surface area contributed by atoms with Gasteiger partial charge in [0.2, 0.25) is 0 Å². The summed E-state index contributed by atoms with van der Waals surface area (Å²) in [5, 5.41) is 0.571. The minimum absolute atomic E-state index is 0.0620. The maximum Gasteiger partial charge on any atom is 0.340 e. The summed E-state index contributed by atoms with van der Waals surface area (Å²) in [7, 11) is -1.97. The van der Waals surface area contributed by atoms with Gasteiger partial charge in [0.25, 0.3) is 0 Å². The lowest BCUT2D eigenvalue weighted by atomic mass is 10.1. The molecule has 0 spiro atoms. The van der Waals surface area contributed by atoms with Crippen LogP contribution in [0, 0.1) is 6.92 Å². The van der Waals surface area contributed by atoms with Gasteiger partial charge in [0.15, 0.2) is 0 Å². The van der Waals surface area contributed by atoms with E-state index in [9.17, 15) is 13.2 Å². The number of carbonyl (C=O) groups is 1. The van der Waals surface area contributed by atoms with Crippen LogP contribution in [0.4, 0.5) is 0 Å². The van der Waals surface area contributed by atoms with Crippen molar-refractivity contribution >= 4 is 42.9 Å². The average Bonchev–Trinajstić information content (AvgIpc) is 3.23. The predicted octanol–water partition coefficient (Wildman–Crippen LogP) is 5.39. The van der Waals surface area contributed by atoms with Crippen molar-refractivity contribution in [3.05, 3.63) is 88.0 Å². The van der Waals surface area contributed by atoms with E-state index in [1.807, 2.05) is 31.2 Å². The topological polar surface area (TPSA) is 81.1 Å². The monoisotopic (exact) mass is 625 g/mol. The number of benzene rings is 3. The third-order valence-electron chi connectivity index (χ3n) is 7.09. The first-order chi connectivity index (χ1) is 19.2. The summed E-state index contributed by atoms with van der Waals surface area (Å²) in [4.78, 5) is 18.2. The van der Waals surface area contributed by atoms with Crippen molar-refractivity contribution in [3.8, 4) is 11.4 Å². The first kappa shape index (κ1) is 28.4. The third-order valence-corrected chi connectivity index (χ3v) is 8.88. The van der Waals surface area contributed by atoms with Crippen LogP contribution in [0.15, 0.2) is 76.1 Å². The van der Waals surface area contributed by atoms with E-state index in [1.165, 1.54) is 12.1 Å². The average molecular weight is 627 g/mol. The van der Waals surface area contributed by atoms with Crippen LogP contribution in [-0.2, 0) is 21.4 Å². The highest BCUT2D eigenvalue weighted by Gasteiger charge is 2.28. The number of likely N-dealkylation sites (N-methyl/N-ethyl adjacent to an activating group) is 1. The fourth-order valence-electron chi connectivity index (χ4n) is 4.94. The molecule has 5 rings (SSSR count). The molecule has 0 aliphatic carbocycles. The fourth-order valence-corrected chi connectivity index (χ4v) is 6.13. The molecule has 0 radical (unpaired) electrons. The molecule has 0 amide bonds. The lowest BCUT2D eigenvalue weighted by molar-refractivity contribution is 0.0525. The number of nitrogens with zero attached hydrogens (tertiary/aromatic N) is 3. The summed E-state index contributed by atoms with van der Waals surface area (Å²) in [5.74, 6) is -0.330. The van der Waals surface area contributed by atoms with Crippen molar-refractivity contribution in [1.82, 2.24) is 14.4 Å².